The third kappa shape index (κ3) is 5.54. The van der Waals surface area contributed by atoms with Crippen LogP contribution in [0.25, 0.3) is 0 Å². The number of anilines is 3. The lowest BCUT2D eigenvalue weighted by Gasteiger charge is -2.36. The lowest BCUT2D eigenvalue weighted by molar-refractivity contribution is 0.109. The van der Waals surface area contributed by atoms with Crippen LogP contribution < -0.4 is 15.1 Å². The SMILES string of the molecule is CCCCOC(=O)N1CC[C@@H](Nc2nc(N3CCN(c4ccc(Cl)cc4)CC3)nc3c2S(=O)CC3)C1. The van der Waals surface area contributed by atoms with Gasteiger partial charge in [-0.2, -0.15) is 4.98 Å². The van der Waals surface area contributed by atoms with Gasteiger partial charge in [-0.3, -0.25) is 4.21 Å². The number of piperazine rings is 1. The lowest BCUT2D eigenvalue weighted by atomic mass is 10.2. The van der Waals surface area contributed by atoms with E-state index in [0.29, 0.717) is 43.6 Å². The first kappa shape index (κ1) is 25.1. The van der Waals surface area contributed by atoms with E-state index in [1.165, 1.54) is 0 Å². The number of benzene rings is 1. The van der Waals surface area contributed by atoms with Crippen molar-refractivity contribution in [1.82, 2.24) is 14.9 Å². The molecule has 4 heterocycles. The molecule has 1 N–H and O–H groups in total. The highest BCUT2D eigenvalue weighted by Gasteiger charge is 2.32. The maximum Gasteiger partial charge on any atom is 0.409 e. The molecule has 0 saturated carbocycles. The normalized spacial score (nSPS) is 21.6. The number of rotatable bonds is 7. The van der Waals surface area contributed by atoms with Gasteiger partial charge in [-0.15, -0.1) is 0 Å². The van der Waals surface area contributed by atoms with E-state index in [4.69, 9.17) is 26.3 Å². The molecule has 0 spiro atoms. The van der Waals surface area contributed by atoms with Crippen LogP contribution in [0.2, 0.25) is 5.02 Å². The third-order valence-corrected chi connectivity index (χ3v) is 8.65. The van der Waals surface area contributed by atoms with Crippen LogP contribution in [0.5, 0.6) is 0 Å². The Morgan fingerprint density at radius 1 is 1.14 bits per heavy atom. The van der Waals surface area contributed by atoms with Crippen molar-refractivity contribution in [2.24, 2.45) is 0 Å². The second-order valence-electron chi connectivity index (χ2n) is 9.44. The van der Waals surface area contributed by atoms with Gasteiger partial charge in [-0.25, -0.2) is 9.78 Å². The minimum absolute atomic E-state index is 0.0370. The number of aryl methyl sites for hydroxylation is 1. The van der Waals surface area contributed by atoms with Gasteiger partial charge in [0.25, 0.3) is 0 Å². The number of carbonyl (C=O) groups is 1. The Bertz CT molecular complexity index is 1110. The first-order valence-corrected chi connectivity index (χ1v) is 14.4. The largest absolute Gasteiger partial charge is 0.449 e. The summed E-state index contributed by atoms with van der Waals surface area (Å²) in [6, 6.07) is 7.96. The summed E-state index contributed by atoms with van der Waals surface area (Å²) in [4.78, 5) is 29.0. The summed E-state index contributed by atoms with van der Waals surface area (Å²) in [6.07, 6.45) is 3.09. The summed E-state index contributed by atoms with van der Waals surface area (Å²) in [5, 5.41) is 4.24. The molecule has 2 fully saturated rings. The van der Waals surface area contributed by atoms with E-state index >= 15 is 0 Å². The Kier molecular flexibility index (Phi) is 7.81. The zero-order valence-corrected chi connectivity index (χ0v) is 22.2. The lowest BCUT2D eigenvalue weighted by Crippen LogP contribution is -2.47. The molecule has 0 bridgehead atoms. The molecule has 9 nitrogen and oxygen atoms in total. The zero-order valence-electron chi connectivity index (χ0n) is 20.6. The Balaban J connectivity index is 1.26. The topological polar surface area (TPSA) is 90.9 Å². The molecule has 2 saturated heterocycles. The van der Waals surface area contributed by atoms with E-state index in [0.717, 1.165) is 66.7 Å². The van der Waals surface area contributed by atoms with Gasteiger partial charge < -0.3 is 24.8 Å². The first-order valence-electron chi connectivity index (χ1n) is 12.7. The number of ether oxygens (including phenoxy) is 1. The zero-order chi connectivity index (χ0) is 25.1. The average Bonchev–Trinajstić information content (AvgIpc) is 3.51. The molecule has 1 unspecified atom stereocenters. The summed E-state index contributed by atoms with van der Waals surface area (Å²) in [7, 11) is -1.11. The molecule has 1 aromatic heterocycles. The van der Waals surface area contributed by atoms with E-state index in [2.05, 4.69) is 22.0 Å². The van der Waals surface area contributed by atoms with Crippen LogP contribution in [0.15, 0.2) is 29.2 Å². The van der Waals surface area contributed by atoms with Crippen molar-refractivity contribution < 1.29 is 13.7 Å². The summed E-state index contributed by atoms with van der Waals surface area (Å²) >= 11 is 6.04. The van der Waals surface area contributed by atoms with Gasteiger partial charge in [0.15, 0.2) is 0 Å². The fourth-order valence-electron chi connectivity index (χ4n) is 4.87. The van der Waals surface area contributed by atoms with Gasteiger partial charge in [-0.05, 0) is 37.1 Å². The number of aromatic nitrogens is 2. The predicted molar refractivity (Wildman–Crippen MR) is 143 cm³/mol. The van der Waals surface area contributed by atoms with Crippen LogP contribution >= 0.6 is 11.6 Å². The van der Waals surface area contributed by atoms with Gasteiger partial charge in [0.05, 0.1) is 23.1 Å². The number of carbonyl (C=O) groups excluding carboxylic acids is 1. The Morgan fingerprint density at radius 3 is 2.64 bits per heavy atom. The highest BCUT2D eigenvalue weighted by atomic mass is 35.5. The molecular weight excluding hydrogens is 500 g/mol. The number of hydrogen-bond acceptors (Lipinski definition) is 8. The number of nitrogens with one attached hydrogen (secondary N) is 1. The Hall–Kier alpha value is -2.59. The Morgan fingerprint density at radius 2 is 1.89 bits per heavy atom. The molecule has 1 amide bonds. The van der Waals surface area contributed by atoms with Crippen molar-refractivity contribution in [2.45, 2.75) is 43.5 Å². The highest BCUT2D eigenvalue weighted by molar-refractivity contribution is 7.85. The van der Waals surface area contributed by atoms with E-state index in [1.54, 1.807) is 4.90 Å². The minimum atomic E-state index is -1.11. The molecule has 194 valence electrons. The van der Waals surface area contributed by atoms with Gasteiger partial charge in [-0.1, -0.05) is 24.9 Å². The highest BCUT2D eigenvalue weighted by Crippen LogP contribution is 2.32. The van der Waals surface area contributed by atoms with Gasteiger partial charge in [0.1, 0.15) is 10.7 Å². The smallest absolute Gasteiger partial charge is 0.409 e. The molecular formula is C25H33ClN6O3S. The van der Waals surface area contributed by atoms with E-state index in [-0.39, 0.29) is 12.1 Å². The number of amides is 1. The van der Waals surface area contributed by atoms with Gasteiger partial charge in [0.2, 0.25) is 5.95 Å². The molecule has 36 heavy (non-hydrogen) atoms. The minimum Gasteiger partial charge on any atom is -0.449 e. The second-order valence-corrected chi connectivity index (χ2v) is 11.4. The molecule has 0 radical (unpaired) electrons. The first-order chi connectivity index (χ1) is 17.5. The molecule has 2 atom stereocenters. The van der Waals surface area contributed by atoms with E-state index < -0.39 is 10.8 Å². The monoisotopic (exact) mass is 532 g/mol. The number of fused-ring (bicyclic) bond motifs is 1. The molecule has 2 aromatic rings. The van der Waals surface area contributed by atoms with Crippen molar-refractivity contribution in [3.05, 3.63) is 35.0 Å². The fraction of sp³-hybridized carbons (Fsp3) is 0.560. The van der Waals surface area contributed by atoms with Gasteiger partial charge in [0, 0.05) is 68.2 Å². The van der Waals surface area contributed by atoms with Crippen molar-refractivity contribution >= 4 is 45.9 Å². The van der Waals surface area contributed by atoms with Crippen LogP contribution in [-0.4, -0.2) is 82.8 Å². The average molecular weight is 533 g/mol. The van der Waals surface area contributed by atoms with Crippen molar-refractivity contribution in [3.8, 4) is 0 Å². The molecule has 11 heteroatoms. The maximum absolute atomic E-state index is 12.8. The summed E-state index contributed by atoms with van der Waals surface area (Å²) in [5.41, 5.74) is 2.03. The summed E-state index contributed by atoms with van der Waals surface area (Å²) in [5.74, 6) is 1.91. The predicted octanol–water partition coefficient (Wildman–Crippen LogP) is 3.54. The van der Waals surface area contributed by atoms with Crippen LogP contribution in [-0.2, 0) is 22.0 Å². The van der Waals surface area contributed by atoms with E-state index in [9.17, 15) is 9.00 Å². The summed E-state index contributed by atoms with van der Waals surface area (Å²) < 4.78 is 18.1. The Labute approximate surface area is 219 Å². The molecule has 0 aliphatic carbocycles. The number of likely N-dealkylation sites (tertiary alicyclic amines) is 1. The molecule has 3 aliphatic heterocycles. The van der Waals surface area contributed by atoms with Crippen molar-refractivity contribution in [3.63, 3.8) is 0 Å². The van der Waals surface area contributed by atoms with Crippen LogP contribution in [0.3, 0.4) is 0 Å². The third-order valence-electron chi connectivity index (χ3n) is 6.94. The number of halogens is 1. The van der Waals surface area contributed by atoms with Crippen LogP contribution in [0.4, 0.5) is 22.2 Å². The maximum atomic E-state index is 12.8. The number of unbranched alkanes of at least 4 members (excludes halogenated alkanes) is 1. The van der Waals surface area contributed by atoms with Crippen molar-refractivity contribution in [2.75, 3.05) is 66.7 Å². The quantitative estimate of drug-likeness (QED) is 0.541. The second kappa shape index (κ2) is 11.2. The fourth-order valence-corrected chi connectivity index (χ4v) is 6.31. The standard InChI is InChI=1S/C25H33ClN6O3S/c1-2-3-15-35-25(33)32-10-8-19(17-32)27-23-22-21(9-16-36(22)34)28-24(29-23)31-13-11-30(12-14-31)20-6-4-18(26)5-7-20/h4-7,19H,2-3,8-17H2,1H3,(H,27,28,29)/t19-,36?/m1/s1. The summed E-state index contributed by atoms with van der Waals surface area (Å²) in [6.45, 7) is 7.01. The molecule has 5 rings (SSSR count). The van der Waals surface area contributed by atoms with Crippen molar-refractivity contribution in [1.29, 1.82) is 0 Å². The number of hydrogen-bond donors (Lipinski definition) is 1. The van der Waals surface area contributed by atoms with Crippen LogP contribution in [0.1, 0.15) is 31.9 Å². The molecule has 1 aromatic carbocycles. The number of nitrogens with zero attached hydrogens (tertiary/aromatic N) is 5. The van der Waals surface area contributed by atoms with Crippen LogP contribution in [0, 0.1) is 0 Å². The molecule has 3 aliphatic rings. The van der Waals surface area contributed by atoms with Gasteiger partial charge >= 0.3 is 6.09 Å². The van der Waals surface area contributed by atoms with E-state index in [1.807, 2.05) is 24.3 Å².